The molecule has 0 heterocycles. The number of rotatable bonds is 0. The van der Waals surface area contributed by atoms with Crippen molar-refractivity contribution < 1.29 is 4.48 Å². The standard InChI is InChI=1S/C4H12N.CH5N3/c1-5(2,3)4;2-1(3)4/h1-4H3;(H5,2,3,4)/q+1;. The van der Waals surface area contributed by atoms with Crippen LogP contribution in [-0.4, -0.2) is 38.6 Å². The number of hydrogen-bond acceptors (Lipinski definition) is 1. The van der Waals surface area contributed by atoms with Crippen molar-refractivity contribution >= 4 is 5.96 Å². The maximum atomic E-state index is 6.06. The molecule has 0 saturated carbocycles. The molecule has 0 fully saturated rings. The lowest BCUT2D eigenvalue weighted by molar-refractivity contribution is -0.849. The molecule has 0 aliphatic rings. The van der Waals surface area contributed by atoms with Crippen LogP contribution in [-0.2, 0) is 0 Å². The Balaban J connectivity index is 0. The smallest absolute Gasteiger partial charge is 0.183 e. The van der Waals surface area contributed by atoms with Crippen molar-refractivity contribution in [3.05, 3.63) is 0 Å². The molecule has 4 heteroatoms. The number of nitrogens with one attached hydrogen (secondary N) is 1. The monoisotopic (exact) mass is 133 g/mol. The van der Waals surface area contributed by atoms with E-state index in [4.69, 9.17) is 5.41 Å². The molecular weight excluding hydrogens is 116 g/mol. The number of nitrogens with zero attached hydrogens (tertiary/aromatic N) is 1. The molecule has 0 aliphatic heterocycles. The van der Waals surface area contributed by atoms with Crippen LogP contribution in [0.25, 0.3) is 0 Å². The van der Waals surface area contributed by atoms with Gasteiger partial charge in [0, 0.05) is 0 Å². The van der Waals surface area contributed by atoms with E-state index in [1.165, 1.54) is 0 Å². The van der Waals surface area contributed by atoms with Crippen LogP contribution < -0.4 is 11.5 Å². The first kappa shape index (κ1) is 11.1. The molecule has 0 bridgehead atoms. The molecular formula is C5H17N4+. The zero-order chi connectivity index (χ0) is 8.08. The van der Waals surface area contributed by atoms with Gasteiger partial charge in [-0.05, 0) is 0 Å². The third-order valence-corrected chi connectivity index (χ3v) is 0. The molecule has 0 aliphatic carbocycles. The first-order valence-corrected chi connectivity index (χ1v) is 2.62. The van der Waals surface area contributed by atoms with E-state index in [9.17, 15) is 0 Å². The van der Waals surface area contributed by atoms with Gasteiger partial charge in [-0.2, -0.15) is 0 Å². The Bertz CT molecular complexity index is 71.4. The van der Waals surface area contributed by atoms with Gasteiger partial charge in [0.15, 0.2) is 5.96 Å². The highest BCUT2D eigenvalue weighted by Crippen LogP contribution is 1.73. The first-order valence-electron chi connectivity index (χ1n) is 2.62. The number of quaternary nitrogens is 1. The van der Waals surface area contributed by atoms with Crippen LogP contribution in [0.5, 0.6) is 0 Å². The van der Waals surface area contributed by atoms with E-state index >= 15 is 0 Å². The fourth-order valence-corrected chi connectivity index (χ4v) is 0. The highest BCUT2D eigenvalue weighted by Gasteiger charge is 1.88. The second kappa shape index (κ2) is 4.14. The molecule has 9 heavy (non-hydrogen) atoms. The molecule has 0 radical (unpaired) electrons. The summed E-state index contributed by atoms with van der Waals surface area (Å²) in [5.74, 6) is -0.333. The minimum absolute atomic E-state index is 0.333. The van der Waals surface area contributed by atoms with Gasteiger partial charge in [0.1, 0.15) is 0 Å². The van der Waals surface area contributed by atoms with E-state index in [1.807, 2.05) is 0 Å². The molecule has 0 amide bonds. The molecule has 0 aromatic rings. The predicted molar refractivity (Wildman–Crippen MR) is 40.1 cm³/mol. The van der Waals surface area contributed by atoms with Crippen LogP contribution in [0, 0.1) is 5.41 Å². The van der Waals surface area contributed by atoms with Gasteiger partial charge in [0.2, 0.25) is 0 Å². The molecule has 56 valence electrons. The van der Waals surface area contributed by atoms with E-state index < -0.39 is 0 Å². The Kier molecular flexibility index (Phi) is 5.10. The van der Waals surface area contributed by atoms with E-state index in [-0.39, 0.29) is 5.96 Å². The third-order valence-electron chi connectivity index (χ3n) is 0. The van der Waals surface area contributed by atoms with Crippen LogP contribution in [0.15, 0.2) is 0 Å². The van der Waals surface area contributed by atoms with Gasteiger partial charge in [-0.3, -0.25) is 5.41 Å². The van der Waals surface area contributed by atoms with Crippen LogP contribution in [0.1, 0.15) is 0 Å². The summed E-state index contributed by atoms with van der Waals surface area (Å²) in [4.78, 5) is 0. The van der Waals surface area contributed by atoms with Crippen LogP contribution in [0.3, 0.4) is 0 Å². The fourth-order valence-electron chi connectivity index (χ4n) is 0. The zero-order valence-electron chi connectivity index (χ0n) is 6.60. The quantitative estimate of drug-likeness (QED) is 0.229. The Morgan fingerprint density at radius 3 is 1.11 bits per heavy atom. The Morgan fingerprint density at radius 1 is 1.11 bits per heavy atom. The topological polar surface area (TPSA) is 75.9 Å². The Labute approximate surface area is 56.5 Å². The van der Waals surface area contributed by atoms with Crippen molar-refractivity contribution in [2.45, 2.75) is 0 Å². The molecule has 0 aromatic heterocycles. The van der Waals surface area contributed by atoms with Gasteiger partial charge in [0.05, 0.1) is 28.2 Å². The van der Waals surface area contributed by atoms with Gasteiger partial charge < -0.3 is 16.0 Å². The maximum Gasteiger partial charge on any atom is 0.183 e. The summed E-state index contributed by atoms with van der Waals surface area (Å²) >= 11 is 0. The molecule has 0 aromatic carbocycles. The van der Waals surface area contributed by atoms with E-state index in [1.54, 1.807) is 0 Å². The number of nitrogens with two attached hydrogens (primary N) is 2. The van der Waals surface area contributed by atoms with E-state index in [0.717, 1.165) is 4.48 Å². The highest BCUT2D eigenvalue weighted by molar-refractivity contribution is 5.71. The molecule has 0 unspecified atom stereocenters. The molecule has 0 spiro atoms. The molecule has 4 nitrogen and oxygen atoms in total. The number of hydrogen-bond donors (Lipinski definition) is 3. The van der Waals surface area contributed by atoms with Crippen molar-refractivity contribution in [1.82, 2.24) is 0 Å². The summed E-state index contributed by atoms with van der Waals surface area (Å²) in [6.45, 7) is 0. The van der Waals surface area contributed by atoms with E-state index in [0.29, 0.717) is 0 Å². The second-order valence-corrected chi connectivity index (χ2v) is 3.14. The van der Waals surface area contributed by atoms with Gasteiger partial charge in [-0.1, -0.05) is 0 Å². The Morgan fingerprint density at radius 2 is 1.11 bits per heavy atom. The Hall–Kier alpha value is -0.770. The van der Waals surface area contributed by atoms with Crippen molar-refractivity contribution in [2.24, 2.45) is 11.5 Å². The first-order chi connectivity index (χ1) is 3.73. The van der Waals surface area contributed by atoms with Crippen molar-refractivity contribution in [2.75, 3.05) is 28.2 Å². The van der Waals surface area contributed by atoms with Crippen molar-refractivity contribution in [1.29, 1.82) is 5.41 Å². The van der Waals surface area contributed by atoms with Gasteiger partial charge in [-0.25, -0.2) is 0 Å². The largest absolute Gasteiger partial charge is 0.370 e. The highest BCUT2D eigenvalue weighted by atomic mass is 15.2. The second-order valence-electron chi connectivity index (χ2n) is 3.14. The summed E-state index contributed by atoms with van der Waals surface area (Å²) in [5, 5.41) is 6.06. The third kappa shape index (κ3) is 334. The molecule has 5 N–H and O–H groups in total. The lowest BCUT2D eigenvalue weighted by atomic mass is 10.8. The van der Waals surface area contributed by atoms with Crippen LogP contribution >= 0.6 is 0 Å². The summed E-state index contributed by atoms with van der Waals surface area (Å²) in [6, 6.07) is 0. The minimum atomic E-state index is -0.333. The molecule has 0 rings (SSSR count). The SMILES string of the molecule is C[N+](C)(C)C.N=C(N)N. The number of guanidine groups is 1. The fraction of sp³-hybridized carbons (Fsp3) is 0.800. The predicted octanol–water partition coefficient (Wildman–Crippen LogP) is -0.839. The summed E-state index contributed by atoms with van der Waals surface area (Å²) in [6.07, 6.45) is 0. The van der Waals surface area contributed by atoms with Crippen LogP contribution in [0.2, 0.25) is 0 Å². The van der Waals surface area contributed by atoms with Crippen molar-refractivity contribution in [3.8, 4) is 0 Å². The molecule has 0 atom stereocenters. The van der Waals surface area contributed by atoms with E-state index in [2.05, 4.69) is 39.7 Å². The van der Waals surface area contributed by atoms with Gasteiger partial charge in [-0.15, -0.1) is 0 Å². The van der Waals surface area contributed by atoms with Crippen LogP contribution in [0.4, 0.5) is 0 Å². The lowest BCUT2D eigenvalue weighted by Crippen LogP contribution is -2.27. The van der Waals surface area contributed by atoms with Crippen molar-refractivity contribution in [3.63, 3.8) is 0 Å². The zero-order valence-corrected chi connectivity index (χ0v) is 6.60. The normalized spacial score (nSPS) is 9.33. The molecule has 0 saturated heterocycles. The van der Waals surface area contributed by atoms with Gasteiger partial charge >= 0.3 is 0 Å². The maximum absolute atomic E-state index is 6.06. The average molecular weight is 133 g/mol. The summed E-state index contributed by atoms with van der Waals surface area (Å²) < 4.78 is 1.00. The minimum Gasteiger partial charge on any atom is -0.370 e. The summed E-state index contributed by atoms with van der Waals surface area (Å²) in [7, 11) is 8.50. The van der Waals surface area contributed by atoms with Gasteiger partial charge in [0.25, 0.3) is 0 Å². The lowest BCUT2D eigenvalue weighted by Gasteiger charge is -2.14. The average Bonchev–Trinajstić information content (AvgIpc) is 1.19. The summed E-state index contributed by atoms with van der Waals surface area (Å²) in [5.41, 5.74) is 8.94.